The fourth-order valence-electron chi connectivity index (χ4n) is 2.64. The molecule has 0 bridgehead atoms. The van der Waals surface area contributed by atoms with E-state index in [0.717, 1.165) is 39.0 Å². The molecule has 6 heteroatoms. The zero-order valence-electron chi connectivity index (χ0n) is 10.6. The molecule has 0 aromatic carbocycles. The van der Waals surface area contributed by atoms with E-state index in [1.165, 1.54) is 0 Å². The van der Waals surface area contributed by atoms with Gasteiger partial charge in [0, 0.05) is 32.7 Å². The van der Waals surface area contributed by atoms with E-state index >= 15 is 0 Å². The molecule has 0 aliphatic carbocycles. The Morgan fingerprint density at radius 1 is 1.17 bits per heavy atom. The van der Waals surface area contributed by atoms with Gasteiger partial charge in [-0.15, -0.1) is 0 Å². The fourth-order valence-corrected chi connectivity index (χ4v) is 2.64. The van der Waals surface area contributed by atoms with Gasteiger partial charge in [-0.3, -0.25) is 9.69 Å². The number of piperidine rings is 1. The number of rotatable bonds is 3. The molecule has 2 heterocycles. The first kappa shape index (κ1) is 13.3. The third kappa shape index (κ3) is 3.20. The molecular formula is C12H21N3O3. The van der Waals surface area contributed by atoms with E-state index in [0.29, 0.717) is 19.5 Å². The predicted octanol–water partition coefficient (Wildman–Crippen LogP) is -0.643. The summed E-state index contributed by atoms with van der Waals surface area (Å²) < 4.78 is 0. The number of amides is 1. The van der Waals surface area contributed by atoms with E-state index in [1.54, 1.807) is 4.90 Å². The molecule has 2 aliphatic rings. The molecule has 0 unspecified atom stereocenters. The number of carbonyl (C=O) groups excluding carboxylic acids is 1. The average molecular weight is 255 g/mol. The zero-order valence-corrected chi connectivity index (χ0v) is 10.6. The van der Waals surface area contributed by atoms with E-state index in [2.05, 4.69) is 10.2 Å². The van der Waals surface area contributed by atoms with Crippen molar-refractivity contribution < 1.29 is 14.7 Å². The second-order valence-electron chi connectivity index (χ2n) is 4.96. The highest BCUT2D eigenvalue weighted by atomic mass is 16.4. The molecule has 18 heavy (non-hydrogen) atoms. The Labute approximate surface area is 107 Å². The van der Waals surface area contributed by atoms with Crippen molar-refractivity contribution in [2.75, 3.05) is 39.3 Å². The number of nitrogens with zero attached hydrogens (tertiary/aromatic N) is 2. The molecule has 0 aromatic rings. The number of nitrogens with one attached hydrogen (secondary N) is 1. The van der Waals surface area contributed by atoms with Crippen molar-refractivity contribution in [3.05, 3.63) is 0 Å². The van der Waals surface area contributed by atoms with Gasteiger partial charge in [0.05, 0.1) is 6.54 Å². The number of carboxylic acid groups (broad SMARTS) is 1. The number of carboxylic acids is 1. The van der Waals surface area contributed by atoms with Gasteiger partial charge in [0.2, 0.25) is 5.91 Å². The maximum Gasteiger partial charge on any atom is 0.326 e. The topological polar surface area (TPSA) is 72.9 Å². The number of aliphatic carboxylic acids is 1. The SMILES string of the molecule is O=C(O)[C@H]1CCCCN1C(=O)CN1CCNCC1. The summed E-state index contributed by atoms with van der Waals surface area (Å²) in [5.74, 6) is -0.910. The molecule has 6 nitrogen and oxygen atoms in total. The van der Waals surface area contributed by atoms with Crippen LogP contribution in [0.1, 0.15) is 19.3 Å². The van der Waals surface area contributed by atoms with Crippen LogP contribution in [0.25, 0.3) is 0 Å². The van der Waals surface area contributed by atoms with Crippen LogP contribution in [0.4, 0.5) is 0 Å². The summed E-state index contributed by atoms with van der Waals surface area (Å²) in [6.07, 6.45) is 2.40. The third-order valence-corrected chi connectivity index (χ3v) is 3.68. The summed E-state index contributed by atoms with van der Waals surface area (Å²) in [4.78, 5) is 27.0. The summed E-state index contributed by atoms with van der Waals surface area (Å²) in [7, 11) is 0. The summed E-state index contributed by atoms with van der Waals surface area (Å²) >= 11 is 0. The Balaban J connectivity index is 1.91. The van der Waals surface area contributed by atoms with Crippen LogP contribution in [0.5, 0.6) is 0 Å². The Hall–Kier alpha value is -1.14. The molecule has 1 atom stereocenters. The lowest BCUT2D eigenvalue weighted by Gasteiger charge is -2.35. The van der Waals surface area contributed by atoms with Crippen LogP contribution in [0.2, 0.25) is 0 Å². The predicted molar refractivity (Wildman–Crippen MR) is 66.3 cm³/mol. The van der Waals surface area contributed by atoms with Gasteiger partial charge < -0.3 is 15.3 Å². The third-order valence-electron chi connectivity index (χ3n) is 3.68. The smallest absolute Gasteiger partial charge is 0.326 e. The van der Waals surface area contributed by atoms with Crippen LogP contribution < -0.4 is 5.32 Å². The van der Waals surface area contributed by atoms with E-state index < -0.39 is 12.0 Å². The monoisotopic (exact) mass is 255 g/mol. The van der Waals surface area contributed by atoms with Crippen LogP contribution in [0, 0.1) is 0 Å². The van der Waals surface area contributed by atoms with Crippen molar-refractivity contribution in [1.29, 1.82) is 0 Å². The summed E-state index contributed by atoms with van der Waals surface area (Å²) in [6, 6.07) is -0.617. The summed E-state index contributed by atoms with van der Waals surface area (Å²) in [5.41, 5.74) is 0. The standard InChI is InChI=1S/C12H21N3O3/c16-11(9-14-7-4-13-5-8-14)15-6-2-1-3-10(15)12(17)18/h10,13H,1-9H2,(H,17,18)/t10-/m1/s1. The molecule has 0 aromatic heterocycles. The Morgan fingerprint density at radius 2 is 1.89 bits per heavy atom. The van der Waals surface area contributed by atoms with Crippen molar-refractivity contribution in [2.24, 2.45) is 0 Å². The molecule has 1 amide bonds. The second-order valence-corrected chi connectivity index (χ2v) is 4.96. The highest BCUT2D eigenvalue weighted by molar-refractivity contribution is 5.85. The maximum absolute atomic E-state index is 12.2. The van der Waals surface area contributed by atoms with Crippen LogP contribution in [-0.2, 0) is 9.59 Å². The fraction of sp³-hybridized carbons (Fsp3) is 0.833. The molecule has 0 saturated carbocycles. The number of hydrogen-bond donors (Lipinski definition) is 2. The Morgan fingerprint density at radius 3 is 2.56 bits per heavy atom. The minimum absolute atomic E-state index is 0.0380. The van der Waals surface area contributed by atoms with Gasteiger partial charge in [-0.2, -0.15) is 0 Å². The number of piperazine rings is 1. The maximum atomic E-state index is 12.2. The first-order chi connectivity index (χ1) is 8.68. The van der Waals surface area contributed by atoms with Crippen molar-refractivity contribution in [3.63, 3.8) is 0 Å². The summed E-state index contributed by atoms with van der Waals surface area (Å²) in [6.45, 7) is 4.45. The Bertz CT molecular complexity index is 316. The minimum atomic E-state index is -0.872. The quantitative estimate of drug-likeness (QED) is 0.701. The molecule has 0 spiro atoms. The van der Waals surface area contributed by atoms with E-state index in [9.17, 15) is 9.59 Å². The normalized spacial score (nSPS) is 26.0. The van der Waals surface area contributed by atoms with Crippen molar-refractivity contribution in [3.8, 4) is 0 Å². The first-order valence-electron chi connectivity index (χ1n) is 6.64. The molecule has 2 saturated heterocycles. The molecule has 2 aliphatic heterocycles. The molecule has 2 fully saturated rings. The van der Waals surface area contributed by atoms with Crippen molar-refractivity contribution in [1.82, 2.24) is 15.1 Å². The van der Waals surface area contributed by atoms with E-state index in [-0.39, 0.29) is 5.91 Å². The van der Waals surface area contributed by atoms with Gasteiger partial charge in [0.15, 0.2) is 0 Å². The van der Waals surface area contributed by atoms with Gasteiger partial charge in [0.1, 0.15) is 6.04 Å². The van der Waals surface area contributed by atoms with Crippen LogP contribution >= 0.6 is 0 Å². The number of carbonyl (C=O) groups is 2. The zero-order chi connectivity index (χ0) is 13.0. The largest absolute Gasteiger partial charge is 0.480 e. The second kappa shape index (κ2) is 6.15. The van der Waals surface area contributed by atoms with Gasteiger partial charge in [-0.25, -0.2) is 4.79 Å². The molecule has 2 rings (SSSR count). The number of likely N-dealkylation sites (tertiary alicyclic amines) is 1. The van der Waals surface area contributed by atoms with Gasteiger partial charge in [-0.1, -0.05) is 0 Å². The first-order valence-corrected chi connectivity index (χ1v) is 6.64. The van der Waals surface area contributed by atoms with E-state index in [1.807, 2.05) is 0 Å². The molecule has 2 N–H and O–H groups in total. The number of hydrogen-bond acceptors (Lipinski definition) is 4. The highest BCUT2D eigenvalue weighted by Gasteiger charge is 2.32. The van der Waals surface area contributed by atoms with Gasteiger partial charge in [0.25, 0.3) is 0 Å². The average Bonchev–Trinajstić information content (AvgIpc) is 2.40. The summed E-state index contributed by atoms with van der Waals surface area (Å²) in [5, 5.41) is 12.4. The van der Waals surface area contributed by atoms with Crippen LogP contribution in [0.15, 0.2) is 0 Å². The molecule has 0 radical (unpaired) electrons. The molecule has 102 valence electrons. The highest BCUT2D eigenvalue weighted by Crippen LogP contribution is 2.17. The van der Waals surface area contributed by atoms with Crippen LogP contribution in [-0.4, -0.2) is 72.1 Å². The minimum Gasteiger partial charge on any atom is -0.480 e. The molecular weight excluding hydrogens is 234 g/mol. The van der Waals surface area contributed by atoms with E-state index in [4.69, 9.17) is 5.11 Å². The lowest BCUT2D eigenvalue weighted by Crippen LogP contribution is -2.53. The lowest BCUT2D eigenvalue weighted by molar-refractivity contribution is -0.152. The van der Waals surface area contributed by atoms with Crippen LogP contribution in [0.3, 0.4) is 0 Å². The van der Waals surface area contributed by atoms with Gasteiger partial charge in [-0.05, 0) is 19.3 Å². The van der Waals surface area contributed by atoms with Crippen molar-refractivity contribution >= 4 is 11.9 Å². The Kier molecular flexibility index (Phi) is 4.54. The van der Waals surface area contributed by atoms with Gasteiger partial charge >= 0.3 is 5.97 Å². The lowest BCUT2D eigenvalue weighted by atomic mass is 10.0. The van der Waals surface area contributed by atoms with Crippen molar-refractivity contribution in [2.45, 2.75) is 25.3 Å².